The molecule has 2 heterocycles. The lowest BCUT2D eigenvalue weighted by Crippen LogP contribution is -2.24. The molecule has 3 aromatic rings. The molecule has 142 valence electrons. The first-order valence-corrected chi connectivity index (χ1v) is 8.76. The zero-order chi connectivity index (χ0) is 19.8. The highest BCUT2D eigenvalue weighted by atomic mass is 32.2. The van der Waals surface area contributed by atoms with Crippen molar-refractivity contribution >= 4 is 11.8 Å². The Morgan fingerprint density at radius 2 is 1.81 bits per heavy atom. The van der Waals surface area contributed by atoms with Gasteiger partial charge in [-0.1, -0.05) is 0 Å². The fourth-order valence-corrected chi connectivity index (χ4v) is 3.28. The van der Waals surface area contributed by atoms with Crippen molar-refractivity contribution in [2.24, 2.45) is 0 Å². The predicted octanol–water partition coefficient (Wildman–Crippen LogP) is 4.02. The molecule has 0 amide bonds. The number of nitrogens with zero attached hydrogens (tertiary/aromatic N) is 3. The molecule has 1 N–H and O–H groups in total. The van der Waals surface area contributed by atoms with Crippen LogP contribution < -0.4 is 5.69 Å². The number of benzene rings is 1. The Kier molecular flexibility index (Phi) is 5.05. The van der Waals surface area contributed by atoms with Gasteiger partial charge in [0.15, 0.2) is 0 Å². The zero-order valence-corrected chi connectivity index (χ0v) is 15.3. The van der Waals surface area contributed by atoms with Crippen LogP contribution >= 0.6 is 11.8 Å². The van der Waals surface area contributed by atoms with Crippen LogP contribution in [0.3, 0.4) is 0 Å². The molecule has 1 aromatic carbocycles. The molecule has 0 radical (unpaired) electrons. The summed E-state index contributed by atoms with van der Waals surface area (Å²) in [5.74, 6) is -0.248. The summed E-state index contributed by atoms with van der Waals surface area (Å²) in [5.41, 5.74) is -2.56. The first-order valence-electron chi connectivity index (χ1n) is 7.94. The molecule has 0 spiro atoms. The maximum atomic E-state index is 12.8. The lowest BCUT2D eigenvalue weighted by molar-refractivity contribution is -0.0328. The van der Waals surface area contributed by atoms with E-state index in [4.69, 9.17) is 0 Å². The van der Waals surface area contributed by atoms with Gasteiger partial charge in [-0.3, -0.25) is 9.55 Å². The number of thioether (sulfide) groups is 1. The molecule has 0 aliphatic carbocycles. The van der Waals surface area contributed by atoms with Crippen LogP contribution in [-0.4, -0.2) is 24.7 Å². The molecule has 0 bridgehead atoms. The van der Waals surface area contributed by atoms with Gasteiger partial charge in [0.2, 0.25) is 5.88 Å². The maximum Gasteiger partial charge on any atom is 0.446 e. The van der Waals surface area contributed by atoms with Crippen molar-refractivity contribution in [3.8, 4) is 11.6 Å². The average molecular weight is 395 g/mol. The molecule has 3 rings (SSSR count). The number of aromatic nitrogens is 3. The topological polar surface area (TPSA) is 60.0 Å². The summed E-state index contributed by atoms with van der Waals surface area (Å²) in [4.78, 5) is 16.9. The van der Waals surface area contributed by atoms with E-state index < -0.39 is 11.2 Å². The van der Waals surface area contributed by atoms with Crippen LogP contribution in [0.1, 0.15) is 17.0 Å². The van der Waals surface area contributed by atoms with Crippen molar-refractivity contribution in [1.82, 2.24) is 14.1 Å². The summed E-state index contributed by atoms with van der Waals surface area (Å²) in [7, 11) is 0. The fourth-order valence-electron chi connectivity index (χ4n) is 2.74. The van der Waals surface area contributed by atoms with E-state index in [1.807, 2.05) is 13.0 Å². The Labute approximate surface area is 157 Å². The van der Waals surface area contributed by atoms with E-state index in [2.05, 4.69) is 4.98 Å². The van der Waals surface area contributed by atoms with E-state index in [1.54, 1.807) is 19.2 Å². The van der Waals surface area contributed by atoms with Crippen LogP contribution in [0.25, 0.3) is 5.69 Å². The van der Waals surface area contributed by atoms with Crippen LogP contribution in [0.4, 0.5) is 13.2 Å². The average Bonchev–Trinajstić information content (AvgIpc) is 2.78. The minimum Gasteiger partial charge on any atom is -0.493 e. The highest BCUT2D eigenvalue weighted by Crippen LogP contribution is 2.37. The SMILES string of the molecule is Cc1cc(Cn2c(C)c(O)n(-c3ccc(SC(F)(F)F)cc3)c2=O)ccn1. The molecule has 0 unspecified atom stereocenters. The maximum absolute atomic E-state index is 12.8. The first kappa shape index (κ1) is 19.1. The lowest BCUT2D eigenvalue weighted by atomic mass is 10.2. The highest BCUT2D eigenvalue weighted by Gasteiger charge is 2.29. The van der Waals surface area contributed by atoms with E-state index in [0.29, 0.717) is 5.69 Å². The van der Waals surface area contributed by atoms with Crippen molar-refractivity contribution in [2.45, 2.75) is 30.8 Å². The summed E-state index contributed by atoms with van der Waals surface area (Å²) in [5, 5.41) is 10.4. The Hall–Kier alpha value is -2.68. The summed E-state index contributed by atoms with van der Waals surface area (Å²) in [6.07, 6.45) is 1.64. The third-order valence-corrected chi connectivity index (χ3v) is 4.73. The minimum atomic E-state index is -4.39. The number of aromatic hydroxyl groups is 1. The second-order valence-corrected chi connectivity index (χ2v) is 7.10. The molecule has 0 aliphatic heterocycles. The molecule has 9 heteroatoms. The van der Waals surface area contributed by atoms with Crippen LogP contribution in [0, 0.1) is 13.8 Å². The number of hydrogen-bond donors (Lipinski definition) is 1. The molecule has 0 aliphatic rings. The van der Waals surface area contributed by atoms with E-state index >= 15 is 0 Å². The molecule has 0 saturated carbocycles. The zero-order valence-electron chi connectivity index (χ0n) is 14.5. The molecule has 2 aromatic heterocycles. The third kappa shape index (κ3) is 4.19. The number of imidazole rings is 1. The molecule has 27 heavy (non-hydrogen) atoms. The number of alkyl halides is 3. The van der Waals surface area contributed by atoms with Crippen molar-refractivity contribution in [3.05, 3.63) is 70.0 Å². The monoisotopic (exact) mass is 395 g/mol. The fraction of sp³-hybridized carbons (Fsp3) is 0.222. The Morgan fingerprint density at radius 1 is 1.15 bits per heavy atom. The van der Waals surface area contributed by atoms with Crippen molar-refractivity contribution in [3.63, 3.8) is 0 Å². The summed E-state index contributed by atoms with van der Waals surface area (Å²) in [6.45, 7) is 3.69. The van der Waals surface area contributed by atoms with Gasteiger partial charge in [-0.15, -0.1) is 0 Å². The van der Waals surface area contributed by atoms with Crippen LogP contribution in [0.2, 0.25) is 0 Å². The summed E-state index contributed by atoms with van der Waals surface area (Å²) in [6, 6.07) is 8.88. The van der Waals surface area contributed by atoms with Crippen molar-refractivity contribution in [2.75, 3.05) is 0 Å². The molecule has 0 atom stereocenters. The molecular formula is C18H16F3N3O2S. The van der Waals surface area contributed by atoms with Gasteiger partial charge < -0.3 is 5.11 Å². The van der Waals surface area contributed by atoms with Crippen LogP contribution in [0.15, 0.2) is 52.3 Å². The van der Waals surface area contributed by atoms with Crippen LogP contribution in [-0.2, 0) is 6.54 Å². The summed E-state index contributed by atoms with van der Waals surface area (Å²) < 4.78 is 39.8. The molecule has 0 fully saturated rings. The molecule has 5 nitrogen and oxygen atoms in total. The van der Waals surface area contributed by atoms with E-state index in [9.17, 15) is 23.1 Å². The normalized spacial score (nSPS) is 11.7. The van der Waals surface area contributed by atoms with Crippen molar-refractivity contribution in [1.29, 1.82) is 0 Å². The van der Waals surface area contributed by atoms with Gasteiger partial charge >= 0.3 is 11.2 Å². The van der Waals surface area contributed by atoms with Gasteiger partial charge in [-0.2, -0.15) is 13.2 Å². The highest BCUT2D eigenvalue weighted by molar-refractivity contribution is 8.00. The minimum absolute atomic E-state index is 0.00204. The van der Waals surface area contributed by atoms with Gasteiger partial charge in [-0.05, 0) is 67.6 Å². The van der Waals surface area contributed by atoms with E-state index in [0.717, 1.165) is 15.8 Å². The van der Waals surface area contributed by atoms with E-state index in [1.165, 1.54) is 28.8 Å². The lowest BCUT2D eigenvalue weighted by Gasteiger charge is -2.07. The van der Waals surface area contributed by atoms with E-state index in [-0.39, 0.29) is 34.8 Å². The van der Waals surface area contributed by atoms with Gasteiger partial charge in [0.05, 0.1) is 17.9 Å². The largest absolute Gasteiger partial charge is 0.493 e. The number of rotatable bonds is 4. The predicted molar refractivity (Wildman–Crippen MR) is 96.4 cm³/mol. The van der Waals surface area contributed by atoms with Crippen LogP contribution in [0.5, 0.6) is 5.88 Å². The Balaban J connectivity index is 1.96. The Morgan fingerprint density at radius 3 is 2.41 bits per heavy atom. The van der Waals surface area contributed by atoms with Gasteiger partial charge in [0.1, 0.15) is 0 Å². The standard InChI is InChI=1S/C18H16F3N3O2S/c1-11-9-13(7-8-22-11)10-23-12(2)16(25)24(17(23)26)14-3-5-15(6-4-14)27-18(19,20)21/h3-9,25H,10H2,1-2H3. The van der Waals surface area contributed by atoms with Gasteiger partial charge in [0.25, 0.3) is 0 Å². The molecular weight excluding hydrogens is 379 g/mol. The second kappa shape index (κ2) is 7.15. The number of hydrogen-bond acceptors (Lipinski definition) is 4. The smallest absolute Gasteiger partial charge is 0.446 e. The van der Waals surface area contributed by atoms with Gasteiger partial charge in [0, 0.05) is 16.8 Å². The first-order chi connectivity index (χ1) is 12.7. The summed E-state index contributed by atoms with van der Waals surface area (Å²) >= 11 is -0.237. The second-order valence-electron chi connectivity index (χ2n) is 5.96. The quantitative estimate of drug-likeness (QED) is 0.678. The third-order valence-electron chi connectivity index (χ3n) is 3.99. The number of halogens is 3. The van der Waals surface area contributed by atoms with Gasteiger partial charge in [-0.25, -0.2) is 9.36 Å². The number of aryl methyl sites for hydroxylation is 1. The Bertz CT molecular complexity index is 1020. The number of pyridine rings is 1. The van der Waals surface area contributed by atoms with Crippen molar-refractivity contribution < 1.29 is 18.3 Å². The molecule has 0 saturated heterocycles.